The number of hydrogen-bond acceptors (Lipinski definition) is 4. The van der Waals surface area contributed by atoms with Crippen LogP contribution in [0.1, 0.15) is 11.1 Å². The van der Waals surface area contributed by atoms with Gasteiger partial charge < -0.3 is 15.4 Å². The molecular weight excluding hydrogens is 461 g/mol. The van der Waals surface area contributed by atoms with E-state index >= 15 is 0 Å². The third-order valence-corrected chi connectivity index (χ3v) is 5.16. The van der Waals surface area contributed by atoms with Gasteiger partial charge in [-0.1, -0.05) is 35.9 Å². The van der Waals surface area contributed by atoms with Gasteiger partial charge in [0.05, 0.1) is 6.54 Å². The summed E-state index contributed by atoms with van der Waals surface area (Å²) in [7, 11) is 0. The van der Waals surface area contributed by atoms with Crippen LogP contribution >= 0.6 is 11.6 Å². The average molecular weight is 480 g/mol. The van der Waals surface area contributed by atoms with Crippen LogP contribution in [0.3, 0.4) is 0 Å². The Labute approximate surface area is 199 Å². The van der Waals surface area contributed by atoms with Crippen LogP contribution in [0.25, 0.3) is 6.08 Å². The van der Waals surface area contributed by atoms with Crippen LogP contribution in [0.5, 0.6) is 5.75 Å². The number of anilines is 1. The fourth-order valence-corrected chi connectivity index (χ4v) is 3.32. The molecule has 3 aromatic carbocycles. The largest absolute Gasteiger partial charge is 0.484 e. The molecule has 0 aliphatic carbocycles. The molecule has 1 fully saturated rings. The summed E-state index contributed by atoms with van der Waals surface area (Å²) >= 11 is 5.87. The number of amides is 4. The summed E-state index contributed by atoms with van der Waals surface area (Å²) in [5.41, 5.74) is 2.07. The van der Waals surface area contributed by atoms with Crippen LogP contribution in [0.4, 0.5) is 14.9 Å². The maximum Gasteiger partial charge on any atom is 0.329 e. The Hall–Kier alpha value is -4.17. The van der Waals surface area contributed by atoms with Gasteiger partial charge in [0.15, 0.2) is 6.61 Å². The standard InChI is InChI=1S/C25H19ClFN3O4/c26-18-5-1-17(2-6-18)14-30-24(32)22(29-25(30)33)13-16-3-11-21(12-4-16)34-15-23(31)28-20-9-7-19(27)8-10-20/h1-13H,14-15H2,(H,28,31)(H,29,33)/b22-13+. The lowest BCUT2D eigenvalue weighted by atomic mass is 10.1. The zero-order chi connectivity index (χ0) is 24.1. The molecule has 3 aromatic rings. The van der Waals surface area contributed by atoms with Crippen molar-refractivity contribution in [1.82, 2.24) is 10.2 Å². The second-order valence-electron chi connectivity index (χ2n) is 7.42. The zero-order valence-electron chi connectivity index (χ0n) is 17.8. The van der Waals surface area contributed by atoms with Gasteiger partial charge in [-0.25, -0.2) is 9.18 Å². The molecule has 1 aliphatic rings. The van der Waals surface area contributed by atoms with Gasteiger partial charge in [0.1, 0.15) is 17.3 Å². The van der Waals surface area contributed by atoms with Crippen LogP contribution in [0.2, 0.25) is 5.02 Å². The maximum atomic E-state index is 12.9. The molecular formula is C25H19ClFN3O4. The van der Waals surface area contributed by atoms with E-state index in [0.29, 0.717) is 22.0 Å². The summed E-state index contributed by atoms with van der Waals surface area (Å²) in [6.07, 6.45) is 1.56. The van der Waals surface area contributed by atoms with E-state index in [1.165, 1.54) is 24.3 Å². The van der Waals surface area contributed by atoms with Gasteiger partial charge in [0, 0.05) is 10.7 Å². The van der Waals surface area contributed by atoms with Crippen LogP contribution in [-0.4, -0.2) is 29.4 Å². The fraction of sp³-hybridized carbons (Fsp3) is 0.0800. The number of imide groups is 1. The molecule has 2 N–H and O–H groups in total. The van der Waals surface area contributed by atoms with Crippen molar-refractivity contribution in [2.24, 2.45) is 0 Å². The third-order valence-electron chi connectivity index (χ3n) is 4.91. The van der Waals surface area contributed by atoms with Gasteiger partial charge >= 0.3 is 6.03 Å². The van der Waals surface area contributed by atoms with Gasteiger partial charge in [-0.15, -0.1) is 0 Å². The minimum Gasteiger partial charge on any atom is -0.484 e. The molecule has 0 unspecified atom stereocenters. The Bertz CT molecular complexity index is 1240. The quantitative estimate of drug-likeness (QED) is 0.383. The highest BCUT2D eigenvalue weighted by molar-refractivity contribution is 6.30. The summed E-state index contributed by atoms with van der Waals surface area (Å²) in [5, 5.41) is 5.75. The van der Waals surface area contributed by atoms with Crippen molar-refractivity contribution in [3.63, 3.8) is 0 Å². The molecule has 0 saturated carbocycles. The number of urea groups is 1. The Morgan fingerprint density at radius 2 is 1.68 bits per heavy atom. The van der Waals surface area contributed by atoms with E-state index < -0.39 is 23.7 Å². The Morgan fingerprint density at radius 3 is 2.35 bits per heavy atom. The second kappa shape index (κ2) is 10.2. The highest BCUT2D eigenvalue weighted by Gasteiger charge is 2.33. The zero-order valence-corrected chi connectivity index (χ0v) is 18.5. The Balaban J connectivity index is 1.33. The summed E-state index contributed by atoms with van der Waals surface area (Å²) in [5.74, 6) is -0.768. The molecule has 1 saturated heterocycles. The van der Waals surface area contributed by atoms with Crippen molar-refractivity contribution < 1.29 is 23.5 Å². The minimum atomic E-state index is -0.502. The molecule has 0 radical (unpaired) electrons. The van der Waals surface area contributed by atoms with Crippen LogP contribution < -0.4 is 15.4 Å². The molecule has 4 rings (SSSR count). The summed E-state index contributed by atoms with van der Waals surface area (Å²) in [4.78, 5) is 38.0. The normalized spacial score (nSPS) is 14.3. The van der Waals surface area contributed by atoms with E-state index in [1.54, 1.807) is 54.6 Å². The molecule has 4 amide bonds. The van der Waals surface area contributed by atoms with E-state index in [0.717, 1.165) is 10.5 Å². The van der Waals surface area contributed by atoms with Gasteiger partial charge in [0.2, 0.25) is 0 Å². The van der Waals surface area contributed by atoms with E-state index in [1.807, 2.05) is 0 Å². The van der Waals surface area contributed by atoms with Gasteiger partial charge in [0.25, 0.3) is 11.8 Å². The lowest BCUT2D eigenvalue weighted by Gasteiger charge is -2.11. The number of nitrogens with zero attached hydrogens (tertiary/aromatic N) is 1. The summed E-state index contributed by atoms with van der Waals surface area (Å²) in [6.45, 7) is -0.0993. The number of benzene rings is 3. The highest BCUT2D eigenvalue weighted by Crippen LogP contribution is 2.20. The molecule has 0 atom stereocenters. The van der Waals surface area contributed by atoms with Crippen molar-refractivity contribution in [3.8, 4) is 5.75 Å². The lowest BCUT2D eigenvalue weighted by Crippen LogP contribution is -2.30. The third kappa shape index (κ3) is 5.79. The predicted molar refractivity (Wildman–Crippen MR) is 125 cm³/mol. The molecule has 172 valence electrons. The maximum absolute atomic E-state index is 12.9. The first kappa shape index (κ1) is 23.0. The van der Waals surface area contributed by atoms with E-state index in [4.69, 9.17) is 16.3 Å². The number of rotatable bonds is 7. The number of carbonyl (C=O) groups excluding carboxylic acids is 3. The first-order valence-corrected chi connectivity index (χ1v) is 10.6. The van der Waals surface area contributed by atoms with Gasteiger partial charge in [-0.05, 0) is 65.7 Å². The van der Waals surface area contributed by atoms with Crippen molar-refractivity contribution in [3.05, 3.63) is 100 Å². The van der Waals surface area contributed by atoms with Crippen LogP contribution in [0.15, 0.2) is 78.5 Å². The molecule has 0 spiro atoms. The smallest absolute Gasteiger partial charge is 0.329 e. The Kier molecular flexibility index (Phi) is 6.89. The fourth-order valence-electron chi connectivity index (χ4n) is 3.19. The van der Waals surface area contributed by atoms with Crippen molar-refractivity contribution in [2.75, 3.05) is 11.9 Å². The van der Waals surface area contributed by atoms with Gasteiger partial charge in [-0.3, -0.25) is 14.5 Å². The van der Waals surface area contributed by atoms with Crippen molar-refractivity contribution in [1.29, 1.82) is 0 Å². The first-order valence-electron chi connectivity index (χ1n) is 10.2. The number of carbonyl (C=O) groups is 3. The van der Waals surface area contributed by atoms with Crippen LogP contribution in [0, 0.1) is 5.82 Å². The SMILES string of the molecule is O=C(COc1ccc(/C=C2/NC(=O)N(Cc3ccc(Cl)cc3)C2=O)cc1)Nc1ccc(F)cc1. The number of halogens is 2. The number of hydrogen-bond donors (Lipinski definition) is 2. The number of ether oxygens (including phenoxy) is 1. The summed E-state index contributed by atoms with van der Waals surface area (Å²) in [6, 6.07) is 18.5. The highest BCUT2D eigenvalue weighted by atomic mass is 35.5. The molecule has 0 bridgehead atoms. The summed E-state index contributed by atoms with van der Waals surface area (Å²) < 4.78 is 18.4. The Morgan fingerprint density at radius 1 is 1.00 bits per heavy atom. The predicted octanol–water partition coefficient (Wildman–Crippen LogP) is 4.59. The lowest BCUT2D eigenvalue weighted by molar-refractivity contribution is -0.123. The molecule has 1 aliphatic heterocycles. The van der Waals surface area contributed by atoms with E-state index in [-0.39, 0.29) is 18.8 Å². The van der Waals surface area contributed by atoms with Gasteiger partial charge in [-0.2, -0.15) is 0 Å². The topological polar surface area (TPSA) is 87.7 Å². The molecule has 9 heteroatoms. The van der Waals surface area contributed by atoms with Crippen molar-refractivity contribution >= 4 is 41.2 Å². The first-order chi connectivity index (χ1) is 16.4. The van der Waals surface area contributed by atoms with E-state index in [2.05, 4.69) is 10.6 Å². The average Bonchev–Trinajstić information content (AvgIpc) is 3.09. The van der Waals surface area contributed by atoms with Crippen molar-refractivity contribution in [2.45, 2.75) is 6.54 Å². The monoisotopic (exact) mass is 479 g/mol. The molecule has 34 heavy (non-hydrogen) atoms. The molecule has 0 aromatic heterocycles. The number of nitrogens with one attached hydrogen (secondary N) is 2. The van der Waals surface area contributed by atoms with E-state index in [9.17, 15) is 18.8 Å². The molecule has 1 heterocycles. The molecule has 7 nitrogen and oxygen atoms in total. The minimum absolute atomic E-state index is 0.131. The van der Waals surface area contributed by atoms with Crippen LogP contribution in [-0.2, 0) is 16.1 Å². The second-order valence-corrected chi connectivity index (χ2v) is 7.86.